The number of aromatic nitrogens is 1. The highest BCUT2D eigenvalue weighted by atomic mass is 35.5. The Labute approximate surface area is 176 Å². The van der Waals surface area contributed by atoms with Crippen molar-refractivity contribution in [1.82, 2.24) is 10.3 Å². The number of aryl methyl sites for hydroxylation is 1. The number of rotatable bonds is 6. The molecule has 3 N–H and O–H groups in total. The maximum absolute atomic E-state index is 12.7. The lowest BCUT2D eigenvalue weighted by Gasteiger charge is -2.19. The van der Waals surface area contributed by atoms with Crippen LogP contribution < -0.4 is 15.8 Å². The van der Waals surface area contributed by atoms with Gasteiger partial charge in [-0.1, -0.05) is 6.42 Å². The van der Waals surface area contributed by atoms with E-state index in [9.17, 15) is 4.79 Å². The fourth-order valence-corrected chi connectivity index (χ4v) is 4.31. The van der Waals surface area contributed by atoms with E-state index in [1.165, 1.54) is 11.3 Å². The van der Waals surface area contributed by atoms with Crippen LogP contribution in [0.5, 0.6) is 5.75 Å². The highest BCUT2D eigenvalue weighted by molar-refractivity contribution is 7.17. The molecule has 1 saturated carbocycles. The number of nitrogens with zero attached hydrogens (tertiary/aromatic N) is 1. The molecule has 0 spiro atoms. The fraction of sp³-hybridized carbons (Fsp3) is 0.474. The lowest BCUT2D eigenvalue weighted by atomic mass is 10.0. The zero-order valence-corrected chi connectivity index (χ0v) is 18.0. The van der Waals surface area contributed by atoms with Crippen LogP contribution in [0.4, 0.5) is 0 Å². The molecule has 5 nitrogen and oxygen atoms in total. The Balaban J connectivity index is 0.00000182. The minimum absolute atomic E-state index is 0. The molecule has 150 valence electrons. The van der Waals surface area contributed by atoms with Crippen molar-refractivity contribution >= 4 is 42.1 Å². The van der Waals surface area contributed by atoms with E-state index >= 15 is 0 Å². The summed E-state index contributed by atoms with van der Waals surface area (Å²) in [6.07, 6.45) is 3.24. The van der Waals surface area contributed by atoms with Crippen LogP contribution in [0.1, 0.15) is 41.6 Å². The van der Waals surface area contributed by atoms with Gasteiger partial charge in [0.1, 0.15) is 15.6 Å². The molecule has 2 atom stereocenters. The minimum Gasteiger partial charge on any atom is -0.494 e. The van der Waals surface area contributed by atoms with Gasteiger partial charge >= 0.3 is 0 Å². The van der Waals surface area contributed by atoms with E-state index in [-0.39, 0.29) is 36.8 Å². The molecule has 2 aromatic rings. The molecule has 1 aromatic heterocycles. The molecule has 1 heterocycles. The third-order valence-electron chi connectivity index (χ3n) is 4.69. The lowest BCUT2D eigenvalue weighted by molar-refractivity contribution is 0.0932. The number of benzene rings is 1. The second-order valence-electron chi connectivity index (χ2n) is 6.40. The van der Waals surface area contributed by atoms with E-state index in [4.69, 9.17) is 10.5 Å². The summed E-state index contributed by atoms with van der Waals surface area (Å²) in [6.45, 7) is 5.12. The molecule has 0 aliphatic heterocycles. The van der Waals surface area contributed by atoms with Gasteiger partial charge in [0.05, 0.1) is 12.3 Å². The zero-order chi connectivity index (χ0) is 17.8. The molecule has 1 aromatic carbocycles. The first kappa shape index (κ1) is 23.7. The van der Waals surface area contributed by atoms with Gasteiger partial charge in [-0.25, -0.2) is 4.98 Å². The number of amides is 1. The van der Waals surface area contributed by atoms with Crippen molar-refractivity contribution in [3.63, 3.8) is 0 Å². The molecule has 1 aliphatic carbocycles. The van der Waals surface area contributed by atoms with E-state index in [2.05, 4.69) is 10.3 Å². The van der Waals surface area contributed by atoms with E-state index < -0.39 is 0 Å². The molecule has 27 heavy (non-hydrogen) atoms. The summed E-state index contributed by atoms with van der Waals surface area (Å²) >= 11 is 1.44. The van der Waals surface area contributed by atoms with Gasteiger partial charge in [0.15, 0.2) is 0 Å². The molecular formula is C19H27Cl2N3O2S. The largest absolute Gasteiger partial charge is 0.494 e. The molecule has 0 bridgehead atoms. The molecule has 0 saturated heterocycles. The second kappa shape index (κ2) is 10.9. The van der Waals surface area contributed by atoms with Crippen molar-refractivity contribution in [2.75, 3.05) is 13.2 Å². The number of carbonyl (C=O) groups is 1. The number of halogens is 2. The van der Waals surface area contributed by atoms with E-state index in [1.807, 2.05) is 38.1 Å². The summed E-state index contributed by atoms with van der Waals surface area (Å²) < 4.78 is 5.47. The highest BCUT2D eigenvalue weighted by Gasteiger charge is 2.28. The van der Waals surface area contributed by atoms with E-state index in [0.29, 0.717) is 23.9 Å². The van der Waals surface area contributed by atoms with E-state index in [0.717, 1.165) is 41.3 Å². The predicted octanol–water partition coefficient (Wildman–Crippen LogP) is 4.22. The number of carbonyl (C=O) groups excluding carboxylic acids is 1. The van der Waals surface area contributed by atoms with Crippen molar-refractivity contribution in [2.45, 2.75) is 39.2 Å². The van der Waals surface area contributed by atoms with Gasteiger partial charge in [-0.3, -0.25) is 4.79 Å². The average molecular weight is 432 g/mol. The summed E-state index contributed by atoms with van der Waals surface area (Å²) in [5.41, 5.74) is 7.58. The quantitative estimate of drug-likeness (QED) is 0.717. The Morgan fingerprint density at radius 1 is 1.30 bits per heavy atom. The number of thiazole rings is 1. The maximum atomic E-state index is 12.7. The van der Waals surface area contributed by atoms with Gasteiger partial charge in [0.25, 0.3) is 5.91 Å². The van der Waals surface area contributed by atoms with Gasteiger partial charge < -0.3 is 15.8 Å². The number of hydrogen-bond acceptors (Lipinski definition) is 5. The SMILES string of the molecule is CCOc1ccc(-c2nc(C)c(C(=O)NC3CCCC3CN)s2)cc1.Cl.Cl. The van der Waals surface area contributed by atoms with Crippen molar-refractivity contribution in [2.24, 2.45) is 11.7 Å². The van der Waals surface area contributed by atoms with Crippen LogP contribution >= 0.6 is 36.2 Å². The molecule has 1 aliphatic rings. The molecule has 1 amide bonds. The van der Waals surface area contributed by atoms with Gasteiger partial charge in [0, 0.05) is 11.6 Å². The van der Waals surface area contributed by atoms with E-state index in [1.54, 1.807) is 0 Å². The number of nitrogens with two attached hydrogens (primary N) is 1. The van der Waals surface area contributed by atoms with Gasteiger partial charge in [0.2, 0.25) is 0 Å². The van der Waals surface area contributed by atoms with Crippen LogP contribution in [0.25, 0.3) is 10.6 Å². The first-order valence-electron chi connectivity index (χ1n) is 8.84. The molecule has 0 radical (unpaired) electrons. The smallest absolute Gasteiger partial charge is 0.263 e. The summed E-state index contributed by atoms with van der Waals surface area (Å²) in [5.74, 6) is 1.20. The third kappa shape index (κ3) is 5.57. The first-order chi connectivity index (χ1) is 12.1. The standard InChI is InChI=1S/C19H25N3O2S.2ClH/c1-3-24-15-9-7-13(8-10-15)19-21-12(2)17(25-19)18(23)22-16-6-4-5-14(16)11-20;;/h7-10,14,16H,3-6,11,20H2,1-2H3,(H,22,23);2*1H. The van der Waals surface area contributed by atoms with Crippen LogP contribution in [0.15, 0.2) is 24.3 Å². The van der Waals surface area contributed by atoms with Crippen molar-refractivity contribution in [3.8, 4) is 16.3 Å². The Hall–Kier alpha value is -1.34. The molecule has 3 rings (SSSR count). The molecule has 8 heteroatoms. The Kier molecular flexibility index (Phi) is 9.53. The van der Waals surface area contributed by atoms with Gasteiger partial charge in [-0.2, -0.15) is 0 Å². The van der Waals surface area contributed by atoms with Crippen LogP contribution in [0, 0.1) is 12.8 Å². The maximum Gasteiger partial charge on any atom is 0.263 e. The van der Waals surface area contributed by atoms with Crippen LogP contribution in [0.2, 0.25) is 0 Å². The van der Waals surface area contributed by atoms with Crippen LogP contribution in [-0.2, 0) is 0 Å². The monoisotopic (exact) mass is 431 g/mol. The third-order valence-corrected chi connectivity index (χ3v) is 5.90. The Bertz CT molecular complexity index is 737. The summed E-state index contributed by atoms with van der Waals surface area (Å²) in [6, 6.07) is 8.01. The van der Waals surface area contributed by atoms with Crippen LogP contribution in [0.3, 0.4) is 0 Å². The Morgan fingerprint density at radius 3 is 2.63 bits per heavy atom. The zero-order valence-electron chi connectivity index (χ0n) is 15.6. The summed E-state index contributed by atoms with van der Waals surface area (Å²) in [7, 11) is 0. The second-order valence-corrected chi connectivity index (χ2v) is 7.40. The fourth-order valence-electron chi connectivity index (χ4n) is 3.33. The molecular weight excluding hydrogens is 405 g/mol. The number of ether oxygens (including phenoxy) is 1. The minimum atomic E-state index is -0.0301. The lowest BCUT2D eigenvalue weighted by Crippen LogP contribution is -2.39. The molecule has 1 fully saturated rings. The van der Waals surface area contributed by atoms with Gasteiger partial charge in [-0.15, -0.1) is 36.2 Å². The average Bonchev–Trinajstić information content (AvgIpc) is 3.22. The van der Waals surface area contributed by atoms with Crippen molar-refractivity contribution in [1.29, 1.82) is 0 Å². The van der Waals surface area contributed by atoms with Crippen molar-refractivity contribution < 1.29 is 9.53 Å². The topological polar surface area (TPSA) is 77.2 Å². The normalized spacial score (nSPS) is 18.3. The number of hydrogen-bond donors (Lipinski definition) is 2. The highest BCUT2D eigenvalue weighted by Crippen LogP contribution is 2.30. The van der Waals surface area contributed by atoms with Crippen LogP contribution in [-0.4, -0.2) is 30.1 Å². The van der Waals surface area contributed by atoms with Gasteiger partial charge in [-0.05, 0) is 63.4 Å². The Morgan fingerprint density at radius 2 is 2.00 bits per heavy atom. The predicted molar refractivity (Wildman–Crippen MR) is 116 cm³/mol. The summed E-state index contributed by atoms with van der Waals surface area (Å²) in [5, 5.41) is 4.01. The number of nitrogens with one attached hydrogen (secondary N) is 1. The molecule has 2 unspecified atom stereocenters. The first-order valence-corrected chi connectivity index (χ1v) is 9.65. The van der Waals surface area contributed by atoms with Crippen molar-refractivity contribution in [3.05, 3.63) is 34.8 Å². The summed E-state index contributed by atoms with van der Waals surface area (Å²) in [4.78, 5) is 17.9.